The zero-order valence-electron chi connectivity index (χ0n) is 14.9. The topological polar surface area (TPSA) is 86.1 Å². The highest BCUT2D eigenvalue weighted by molar-refractivity contribution is 7.99. The van der Waals surface area contributed by atoms with Gasteiger partial charge in [0.05, 0.1) is 12.9 Å². The molecule has 4 rings (SSSR count). The quantitative estimate of drug-likeness (QED) is 0.617. The Labute approximate surface area is 163 Å². The molecule has 1 aromatic heterocycles. The van der Waals surface area contributed by atoms with Gasteiger partial charge >= 0.3 is 5.97 Å². The van der Waals surface area contributed by atoms with Crippen LogP contribution in [0.1, 0.15) is 30.9 Å². The maximum absolute atomic E-state index is 13.9. The number of methoxy groups -OCH3 is 1. The second-order valence-electron chi connectivity index (χ2n) is 6.43. The number of carbonyl (C=O) groups excluding carboxylic acids is 2. The Balaban J connectivity index is 1.79. The lowest BCUT2D eigenvalue weighted by molar-refractivity contribution is -0.137. The predicted octanol–water partition coefficient (Wildman–Crippen LogP) is 2.84. The third kappa shape index (κ3) is 3.39. The van der Waals surface area contributed by atoms with Gasteiger partial charge in [-0.05, 0) is 30.5 Å². The molecule has 0 amide bonds. The van der Waals surface area contributed by atoms with Crippen LogP contribution < -0.4 is 5.32 Å². The average Bonchev–Trinajstić information content (AvgIpc) is 3.06. The first-order valence-corrected chi connectivity index (χ1v) is 9.60. The molecular formula is C18H16F2N4O3S. The van der Waals surface area contributed by atoms with Crippen LogP contribution in [0.15, 0.2) is 34.6 Å². The van der Waals surface area contributed by atoms with Crippen LogP contribution in [0.4, 0.5) is 14.7 Å². The van der Waals surface area contributed by atoms with E-state index in [0.29, 0.717) is 41.6 Å². The van der Waals surface area contributed by atoms with E-state index < -0.39 is 23.6 Å². The maximum atomic E-state index is 13.9. The third-order valence-electron chi connectivity index (χ3n) is 4.60. The number of thioether (sulfide) groups is 1. The molecule has 0 bridgehead atoms. The summed E-state index contributed by atoms with van der Waals surface area (Å²) in [6.45, 7) is 0. The highest BCUT2D eigenvalue weighted by Gasteiger charge is 2.37. The number of hydrogen-bond donors (Lipinski definition) is 1. The van der Waals surface area contributed by atoms with Gasteiger partial charge in [0.25, 0.3) is 0 Å². The molecule has 1 unspecified atom stereocenters. The van der Waals surface area contributed by atoms with Crippen molar-refractivity contribution in [1.29, 1.82) is 0 Å². The SMILES string of the molecule is COC(=O)CSc1nc2n(n1)C(c1cc(F)cc(F)c1)C1=C(CCCC1=O)N2. The number of hydrogen-bond acceptors (Lipinski definition) is 7. The fraction of sp³-hybridized carbons (Fsp3) is 0.333. The molecular weight excluding hydrogens is 390 g/mol. The summed E-state index contributed by atoms with van der Waals surface area (Å²) in [4.78, 5) is 28.4. The Bertz CT molecular complexity index is 984. The fourth-order valence-electron chi connectivity index (χ4n) is 3.42. The number of aromatic nitrogens is 3. The molecule has 0 saturated heterocycles. The van der Waals surface area contributed by atoms with Crippen molar-refractivity contribution in [3.8, 4) is 0 Å². The van der Waals surface area contributed by atoms with Gasteiger partial charge in [0.1, 0.15) is 17.7 Å². The van der Waals surface area contributed by atoms with Crippen molar-refractivity contribution in [3.05, 3.63) is 46.7 Å². The van der Waals surface area contributed by atoms with Crippen molar-refractivity contribution in [2.75, 3.05) is 18.2 Å². The Morgan fingerprint density at radius 3 is 2.79 bits per heavy atom. The molecule has 28 heavy (non-hydrogen) atoms. The largest absolute Gasteiger partial charge is 0.468 e. The molecule has 1 aromatic carbocycles. The molecule has 146 valence electrons. The number of carbonyl (C=O) groups is 2. The van der Waals surface area contributed by atoms with E-state index in [9.17, 15) is 18.4 Å². The Hall–Kier alpha value is -2.75. The number of Topliss-reactive ketones (excluding diaryl/α,β-unsaturated/α-hetero) is 1. The summed E-state index contributed by atoms with van der Waals surface area (Å²) in [7, 11) is 1.29. The van der Waals surface area contributed by atoms with Crippen molar-refractivity contribution in [2.45, 2.75) is 30.5 Å². The lowest BCUT2D eigenvalue weighted by atomic mass is 9.85. The smallest absolute Gasteiger partial charge is 0.316 e. The first kappa shape index (κ1) is 18.6. The van der Waals surface area contributed by atoms with Crippen molar-refractivity contribution in [3.63, 3.8) is 0 Å². The fourth-order valence-corrected chi connectivity index (χ4v) is 4.08. The molecule has 2 aromatic rings. The van der Waals surface area contributed by atoms with Crippen LogP contribution in [0.2, 0.25) is 0 Å². The van der Waals surface area contributed by atoms with Gasteiger partial charge in [-0.1, -0.05) is 11.8 Å². The molecule has 1 aliphatic carbocycles. The molecule has 2 heterocycles. The van der Waals surface area contributed by atoms with Gasteiger partial charge in [0.15, 0.2) is 5.78 Å². The molecule has 7 nitrogen and oxygen atoms in total. The van der Waals surface area contributed by atoms with Crippen LogP contribution in [-0.4, -0.2) is 39.4 Å². The van der Waals surface area contributed by atoms with Crippen LogP contribution >= 0.6 is 11.8 Å². The van der Waals surface area contributed by atoms with E-state index in [0.717, 1.165) is 17.8 Å². The highest BCUT2D eigenvalue weighted by atomic mass is 32.2. The monoisotopic (exact) mass is 406 g/mol. The van der Waals surface area contributed by atoms with E-state index in [2.05, 4.69) is 20.1 Å². The number of nitrogens with one attached hydrogen (secondary N) is 1. The molecule has 1 atom stereocenters. The first-order valence-electron chi connectivity index (χ1n) is 8.61. The van der Waals surface area contributed by atoms with Crippen LogP contribution in [-0.2, 0) is 14.3 Å². The standard InChI is InChI=1S/C18H16F2N4O3S/c1-27-14(26)8-28-18-22-17-21-12-3-2-4-13(25)15(12)16(24(17)23-18)9-5-10(19)7-11(20)6-9/h5-7,16H,2-4,8H2,1H3,(H,21,22,23). The highest BCUT2D eigenvalue weighted by Crippen LogP contribution is 2.40. The summed E-state index contributed by atoms with van der Waals surface area (Å²) in [5.41, 5.74) is 1.41. The predicted molar refractivity (Wildman–Crippen MR) is 96.8 cm³/mol. The summed E-state index contributed by atoms with van der Waals surface area (Å²) in [5.74, 6) is -1.61. The molecule has 1 N–H and O–H groups in total. The number of fused-ring (bicyclic) bond motifs is 1. The number of rotatable bonds is 4. The van der Waals surface area contributed by atoms with Gasteiger partial charge in [-0.15, -0.1) is 5.10 Å². The Morgan fingerprint density at radius 1 is 1.32 bits per heavy atom. The van der Waals surface area contributed by atoms with Crippen LogP contribution in [0.3, 0.4) is 0 Å². The Morgan fingerprint density at radius 2 is 2.07 bits per heavy atom. The normalized spacial score (nSPS) is 18.4. The zero-order valence-corrected chi connectivity index (χ0v) is 15.7. The third-order valence-corrected chi connectivity index (χ3v) is 5.41. The number of ether oxygens (including phenoxy) is 1. The lowest BCUT2D eigenvalue weighted by Gasteiger charge is -2.32. The maximum Gasteiger partial charge on any atom is 0.316 e. The van der Waals surface area contributed by atoms with E-state index >= 15 is 0 Å². The van der Waals surface area contributed by atoms with Gasteiger partial charge in [-0.25, -0.2) is 13.5 Å². The molecule has 0 radical (unpaired) electrons. The van der Waals surface area contributed by atoms with Crippen LogP contribution in [0, 0.1) is 11.6 Å². The van der Waals surface area contributed by atoms with Gasteiger partial charge in [0, 0.05) is 23.8 Å². The van der Waals surface area contributed by atoms with E-state index in [1.54, 1.807) is 0 Å². The van der Waals surface area contributed by atoms with Crippen molar-refractivity contribution in [1.82, 2.24) is 14.8 Å². The van der Waals surface area contributed by atoms with Gasteiger partial charge in [-0.3, -0.25) is 9.59 Å². The molecule has 1 aliphatic heterocycles. The van der Waals surface area contributed by atoms with Gasteiger partial charge in [-0.2, -0.15) is 4.98 Å². The molecule has 0 saturated carbocycles. The van der Waals surface area contributed by atoms with Crippen molar-refractivity contribution >= 4 is 29.5 Å². The van der Waals surface area contributed by atoms with Crippen molar-refractivity contribution < 1.29 is 23.1 Å². The second-order valence-corrected chi connectivity index (χ2v) is 7.37. The summed E-state index contributed by atoms with van der Waals surface area (Å²) < 4.78 is 33.8. The lowest BCUT2D eigenvalue weighted by Crippen LogP contribution is -2.31. The van der Waals surface area contributed by atoms with Crippen LogP contribution in [0.25, 0.3) is 0 Å². The average molecular weight is 406 g/mol. The van der Waals surface area contributed by atoms with E-state index in [-0.39, 0.29) is 17.1 Å². The van der Waals surface area contributed by atoms with E-state index in [4.69, 9.17) is 0 Å². The van der Waals surface area contributed by atoms with Gasteiger partial charge in [0.2, 0.25) is 11.1 Å². The zero-order chi connectivity index (χ0) is 19.8. The van der Waals surface area contributed by atoms with Crippen molar-refractivity contribution in [2.24, 2.45) is 0 Å². The first-order chi connectivity index (χ1) is 13.5. The number of halogens is 2. The second kappa shape index (κ2) is 7.34. The number of nitrogens with zero attached hydrogens (tertiary/aromatic N) is 3. The van der Waals surface area contributed by atoms with Gasteiger partial charge < -0.3 is 10.1 Å². The number of ketones is 1. The number of allylic oxidation sites excluding steroid dienone is 2. The number of benzene rings is 1. The minimum atomic E-state index is -0.788. The minimum Gasteiger partial charge on any atom is -0.468 e. The summed E-state index contributed by atoms with van der Waals surface area (Å²) >= 11 is 1.08. The summed E-state index contributed by atoms with van der Waals surface area (Å²) in [5, 5.41) is 7.77. The van der Waals surface area contributed by atoms with Crippen LogP contribution in [0.5, 0.6) is 0 Å². The van der Waals surface area contributed by atoms with E-state index in [1.165, 1.54) is 23.9 Å². The molecule has 2 aliphatic rings. The Kier molecular flexibility index (Phi) is 4.88. The minimum absolute atomic E-state index is 0.0191. The molecule has 10 heteroatoms. The summed E-state index contributed by atoms with van der Waals surface area (Å²) in [6.07, 6.45) is 1.68. The number of esters is 1. The molecule has 0 fully saturated rings. The number of anilines is 1. The summed E-state index contributed by atoms with van der Waals surface area (Å²) in [6, 6.07) is 2.38. The molecule has 0 spiro atoms. The van der Waals surface area contributed by atoms with E-state index in [1.807, 2.05) is 0 Å².